The van der Waals surface area contributed by atoms with E-state index in [1.807, 2.05) is 20.0 Å². The summed E-state index contributed by atoms with van der Waals surface area (Å²) in [6.45, 7) is 8.06. The number of hydrogen-bond donors (Lipinski definition) is 1. The van der Waals surface area contributed by atoms with Crippen LogP contribution in [0.2, 0.25) is 0 Å². The van der Waals surface area contributed by atoms with Gasteiger partial charge in [-0.1, -0.05) is 25.5 Å². The van der Waals surface area contributed by atoms with Gasteiger partial charge in [0.1, 0.15) is 0 Å². The molecule has 2 aliphatic heterocycles. The van der Waals surface area contributed by atoms with Gasteiger partial charge in [0.15, 0.2) is 0 Å². The summed E-state index contributed by atoms with van der Waals surface area (Å²) in [5.74, 6) is 0. The molecule has 2 nitrogen and oxygen atoms in total. The first kappa shape index (κ1) is 10.2. The predicted molar refractivity (Wildman–Crippen MR) is 58.1 cm³/mol. The van der Waals surface area contributed by atoms with Crippen LogP contribution in [0, 0.1) is 0 Å². The van der Waals surface area contributed by atoms with Crippen molar-refractivity contribution in [2.24, 2.45) is 4.99 Å². The Labute approximate surface area is 80.4 Å². The Morgan fingerprint density at radius 2 is 2.08 bits per heavy atom. The maximum Gasteiger partial charge on any atom is 0.0583 e. The van der Waals surface area contributed by atoms with Crippen LogP contribution < -0.4 is 5.32 Å². The van der Waals surface area contributed by atoms with Crippen LogP contribution in [0.5, 0.6) is 0 Å². The molecule has 1 saturated heterocycles. The van der Waals surface area contributed by atoms with Gasteiger partial charge in [0.05, 0.1) is 5.71 Å². The van der Waals surface area contributed by atoms with E-state index in [0.717, 1.165) is 19.5 Å². The zero-order valence-electron chi connectivity index (χ0n) is 8.72. The van der Waals surface area contributed by atoms with Gasteiger partial charge in [0.25, 0.3) is 0 Å². The normalized spacial score (nSPS) is 20.1. The lowest BCUT2D eigenvalue weighted by Gasteiger charge is -1.92. The fraction of sp³-hybridized carbons (Fsp3) is 0.545. The molecular formula is C11H18N2. The first-order chi connectivity index (χ1) is 6.36. The van der Waals surface area contributed by atoms with Gasteiger partial charge in [-0.25, -0.2) is 0 Å². The highest BCUT2D eigenvalue weighted by Gasteiger charge is 2.14. The second-order valence-corrected chi connectivity index (χ2v) is 3.09. The van der Waals surface area contributed by atoms with Crippen molar-refractivity contribution in [3.05, 3.63) is 23.4 Å². The molecule has 0 unspecified atom stereocenters. The highest BCUT2D eigenvalue weighted by molar-refractivity contribution is 6.04. The van der Waals surface area contributed by atoms with Gasteiger partial charge in [0, 0.05) is 19.3 Å². The van der Waals surface area contributed by atoms with Crippen molar-refractivity contribution in [1.82, 2.24) is 5.32 Å². The van der Waals surface area contributed by atoms with Crippen LogP contribution in [0.1, 0.15) is 27.2 Å². The third-order valence-electron chi connectivity index (χ3n) is 2.09. The minimum Gasteiger partial charge on any atom is -0.307 e. The van der Waals surface area contributed by atoms with Gasteiger partial charge in [0.2, 0.25) is 0 Å². The molecule has 2 heterocycles. The standard InChI is InChI=1S/C9H12N2.C2H6/c1-7-2-3-8-5-10-6-9(8)11-4-7;1-2/h3-4,10H,2,5-6H2,1H3;1-2H3. The van der Waals surface area contributed by atoms with E-state index in [1.54, 1.807) is 0 Å². The van der Waals surface area contributed by atoms with Crippen LogP contribution in [-0.4, -0.2) is 18.8 Å². The van der Waals surface area contributed by atoms with Crippen LogP contribution in [0.15, 0.2) is 28.4 Å². The number of hydrogen-bond acceptors (Lipinski definition) is 2. The topological polar surface area (TPSA) is 24.4 Å². The first-order valence-electron chi connectivity index (χ1n) is 4.99. The van der Waals surface area contributed by atoms with E-state index >= 15 is 0 Å². The molecule has 1 fully saturated rings. The molecule has 2 heteroatoms. The summed E-state index contributed by atoms with van der Waals surface area (Å²) in [7, 11) is 0. The molecule has 0 bridgehead atoms. The van der Waals surface area contributed by atoms with E-state index in [9.17, 15) is 0 Å². The van der Waals surface area contributed by atoms with E-state index in [4.69, 9.17) is 0 Å². The van der Waals surface area contributed by atoms with Crippen LogP contribution in [0.4, 0.5) is 0 Å². The number of allylic oxidation sites excluding steroid dienone is 2. The molecule has 13 heavy (non-hydrogen) atoms. The summed E-state index contributed by atoms with van der Waals surface area (Å²) in [5.41, 5.74) is 3.96. The maximum absolute atomic E-state index is 4.39. The summed E-state index contributed by atoms with van der Waals surface area (Å²) in [4.78, 5) is 4.39. The zero-order valence-corrected chi connectivity index (χ0v) is 8.72. The predicted octanol–water partition coefficient (Wildman–Crippen LogP) is 2.29. The fourth-order valence-electron chi connectivity index (χ4n) is 1.37. The number of nitrogens with zero attached hydrogens (tertiary/aromatic N) is 1. The van der Waals surface area contributed by atoms with E-state index in [0.29, 0.717) is 0 Å². The Kier molecular flexibility index (Phi) is 3.90. The van der Waals surface area contributed by atoms with Crippen molar-refractivity contribution in [1.29, 1.82) is 0 Å². The molecule has 0 aromatic carbocycles. The average Bonchev–Trinajstić information content (AvgIpc) is 2.56. The summed E-state index contributed by atoms with van der Waals surface area (Å²) in [5, 5.41) is 3.28. The number of rotatable bonds is 0. The molecule has 0 spiro atoms. The lowest BCUT2D eigenvalue weighted by molar-refractivity contribution is 0.903. The van der Waals surface area contributed by atoms with E-state index < -0.39 is 0 Å². The molecule has 0 saturated carbocycles. The van der Waals surface area contributed by atoms with Gasteiger partial charge in [-0.2, -0.15) is 0 Å². The van der Waals surface area contributed by atoms with Gasteiger partial charge in [-0.05, 0) is 18.9 Å². The minimum atomic E-state index is 0.940. The highest BCUT2D eigenvalue weighted by atomic mass is 14.9. The Bertz CT molecular complexity index is 259. The molecule has 0 aliphatic carbocycles. The quantitative estimate of drug-likeness (QED) is 0.604. The van der Waals surface area contributed by atoms with Crippen molar-refractivity contribution >= 4 is 5.71 Å². The summed E-state index contributed by atoms with van der Waals surface area (Å²) in [6, 6.07) is 0. The molecular weight excluding hydrogens is 160 g/mol. The van der Waals surface area contributed by atoms with Gasteiger partial charge in [-0.3, -0.25) is 4.99 Å². The second kappa shape index (κ2) is 4.97. The van der Waals surface area contributed by atoms with Crippen molar-refractivity contribution in [3.8, 4) is 0 Å². The highest BCUT2D eigenvalue weighted by Crippen LogP contribution is 2.13. The van der Waals surface area contributed by atoms with Gasteiger partial charge in [-0.15, -0.1) is 0 Å². The second-order valence-electron chi connectivity index (χ2n) is 3.09. The fourth-order valence-corrected chi connectivity index (χ4v) is 1.37. The summed E-state index contributed by atoms with van der Waals surface area (Å²) < 4.78 is 0. The molecule has 2 aliphatic rings. The molecule has 0 aromatic rings. The number of aliphatic imine (C=N–C) groups is 1. The molecule has 0 radical (unpaired) electrons. The van der Waals surface area contributed by atoms with Crippen molar-refractivity contribution in [2.75, 3.05) is 13.1 Å². The monoisotopic (exact) mass is 178 g/mol. The number of nitrogens with one attached hydrogen (secondary N) is 1. The summed E-state index contributed by atoms with van der Waals surface area (Å²) >= 11 is 0. The van der Waals surface area contributed by atoms with E-state index in [2.05, 4.69) is 23.3 Å². The Morgan fingerprint density at radius 1 is 1.31 bits per heavy atom. The van der Waals surface area contributed by atoms with E-state index in [1.165, 1.54) is 16.9 Å². The third kappa shape index (κ3) is 2.52. The van der Waals surface area contributed by atoms with Crippen molar-refractivity contribution in [3.63, 3.8) is 0 Å². The average molecular weight is 178 g/mol. The molecule has 0 amide bonds. The van der Waals surface area contributed by atoms with Crippen LogP contribution in [-0.2, 0) is 0 Å². The third-order valence-corrected chi connectivity index (χ3v) is 2.09. The Hall–Kier alpha value is -0.890. The Balaban J connectivity index is 0.000000396. The number of fused-ring (bicyclic) bond motifs is 1. The Morgan fingerprint density at radius 3 is 2.85 bits per heavy atom. The van der Waals surface area contributed by atoms with Crippen LogP contribution in [0.3, 0.4) is 0 Å². The van der Waals surface area contributed by atoms with Gasteiger partial charge < -0.3 is 5.32 Å². The van der Waals surface area contributed by atoms with Crippen molar-refractivity contribution in [2.45, 2.75) is 27.2 Å². The lowest BCUT2D eigenvalue weighted by atomic mass is 10.1. The van der Waals surface area contributed by atoms with Crippen molar-refractivity contribution < 1.29 is 0 Å². The van der Waals surface area contributed by atoms with Crippen LogP contribution in [0.25, 0.3) is 0 Å². The molecule has 72 valence electrons. The molecule has 1 N–H and O–H groups in total. The smallest absolute Gasteiger partial charge is 0.0583 e. The molecule has 0 atom stereocenters. The molecule has 2 rings (SSSR count). The van der Waals surface area contributed by atoms with E-state index in [-0.39, 0.29) is 0 Å². The summed E-state index contributed by atoms with van der Waals surface area (Å²) in [6.07, 6.45) is 5.31. The van der Waals surface area contributed by atoms with Crippen LogP contribution >= 0.6 is 0 Å². The minimum absolute atomic E-state index is 0.940. The largest absolute Gasteiger partial charge is 0.307 e. The molecule has 0 aromatic heterocycles. The maximum atomic E-state index is 4.39. The SMILES string of the molecule is CC.CC1=CN=C2CNCC2=CC1. The lowest BCUT2D eigenvalue weighted by Crippen LogP contribution is -2.07. The first-order valence-corrected chi connectivity index (χ1v) is 4.99. The van der Waals surface area contributed by atoms with Gasteiger partial charge >= 0.3 is 0 Å². The zero-order chi connectivity index (χ0) is 9.68.